The number of thioether (sulfide) groups is 1. The first-order valence-corrected chi connectivity index (χ1v) is 9.42. The molecule has 1 amide bonds. The Kier molecular flexibility index (Phi) is 5.68. The van der Waals surface area contributed by atoms with E-state index in [1.54, 1.807) is 0 Å². The number of thiocarbonyl (C=S) groups is 1. The maximum Gasteiger partial charge on any atom is 0.286 e. The van der Waals surface area contributed by atoms with Gasteiger partial charge in [0.15, 0.2) is 4.32 Å². The Hall–Kier alpha value is -2.56. The molecular weight excluding hydrogens is 454 g/mol. The first-order chi connectivity index (χ1) is 12.8. The van der Waals surface area contributed by atoms with E-state index in [0.717, 1.165) is 26.8 Å². The fourth-order valence-corrected chi connectivity index (χ4v) is 3.57. The van der Waals surface area contributed by atoms with Crippen LogP contribution < -0.4 is 0 Å². The molecule has 0 aromatic heterocycles. The number of benzene rings is 2. The van der Waals surface area contributed by atoms with E-state index in [2.05, 4.69) is 21.0 Å². The molecule has 1 N–H and O–H groups in total. The van der Waals surface area contributed by atoms with Crippen molar-refractivity contribution in [1.82, 2.24) is 5.01 Å². The number of phenols is 1. The van der Waals surface area contributed by atoms with Gasteiger partial charge in [0.25, 0.3) is 11.6 Å². The monoisotopic (exact) mass is 463 g/mol. The number of nitro groups is 1. The van der Waals surface area contributed by atoms with Crippen molar-refractivity contribution in [2.75, 3.05) is 0 Å². The van der Waals surface area contributed by atoms with Crippen molar-refractivity contribution >= 4 is 68.1 Å². The second-order valence-corrected chi connectivity index (χ2v) is 7.88. The Balaban J connectivity index is 1.85. The fourth-order valence-electron chi connectivity index (χ4n) is 2.14. The number of hydrogen-bond acceptors (Lipinski definition) is 7. The molecule has 3 rings (SSSR count). The van der Waals surface area contributed by atoms with Gasteiger partial charge in [-0.05, 0) is 42.1 Å². The smallest absolute Gasteiger partial charge is 0.286 e. The van der Waals surface area contributed by atoms with E-state index in [9.17, 15) is 20.0 Å². The standard InChI is InChI=1S/C17H10BrN3O4S2/c18-12-3-1-10(2-4-12)9-19-20-16(23)15(27-17(20)26)8-11-7-13(21(24)25)5-6-14(11)22/h1-9,22H/b15-8+,19-9+. The first kappa shape index (κ1) is 19.2. The highest BCUT2D eigenvalue weighted by atomic mass is 79.9. The number of amides is 1. The van der Waals surface area contributed by atoms with Gasteiger partial charge in [0, 0.05) is 22.2 Å². The third-order valence-corrected chi connectivity index (χ3v) is 5.29. The normalized spacial score (nSPS) is 15.9. The summed E-state index contributed by atoms with van der Waals surface area (Å²) >= 11 is 9.52. The number of phenolic OH excluding ortho intramolecular Hbond substituents is 1. The number of carbonyl (C=O) groups is 1. The minimum atomic E-state index is -0.579. The van der Waals surface area contributed by atoms with Crippen molar-refractivity contribution in [1.29, 1.82) is 0 Å². The highest BCUT2D eigenvalue weighted by Crippen LogP contribution is 2.35. The quantitative estimate of drug-likeness (QED) is 0.238. The maximum absolute atomic E-state index is 12.5. The molecule has 1 aliphatic rings. The molecule has 1 heterocycles. The summed E-state index contributed by atoms with van der Waals surface area (Å²) in [5.74, 6) is -0.645. The fraction of sp³-hybridized carbons (Fsp3) is 0. The summed E-state index contributed by atoms with van der Waals surface area (Å²) < 4.78 is 1.15. The van der Waals surface area contributed by atoms with E-state index in [1.807, 2.05) is 24.3 Å². The van der Waals surface area contributed by atoms with Crippen molar-refractivity contribution in [3.05, 3.63) is 73.1 Å². The van der Waals surface area contributed by atoms with Crippen LogP contribution in [0.2, 0.25) is 0 Å². The van der Waals surface area contributed by atoms with Crippen molar-refractivity contribution < 1.29 is 14.8 Å². The zero-order chi connectivity index (χ0) is 19.6. The number of halogens is 1. The topological polar surface area (TPSA) is 96.0 Å². The molecule has 1 saturated heterocycles. The Morgan fingerprint density at radius 1 is 1.26 bits per heavy atom. The molecule has 0 atom stereocenters. The summed E-state index contributed by atoms with van der Waals surface area (Å²) in [6.07, 6.45) is 2.86. The van der Waals surface area contributed by atoms with Gasteiger partial charge >= 0.3 is 0 Å². The van der Waals surface area contributed by atoms with Gasteiger partial charge in [-0.1, -0.05) is 39.8 Å². The van der Waals surface area contributed by atoms with Gasteiger partial charge in [-0.2, -0.15) is 10.1 Å². The molecule has 1 fully saturated rings. The predicted octanol–water partition coefficient (Wildman–Crippen LogP) is 4.30. The highest BCUT2D eigenvalue weighted by molar-refractivity contribution is 9.10. The zero-order valence-corrected chi connectivity index (χ0v) is 16.6. The lowest BCUT2D eigenvalue weighted by Gasteiger charge is -2.06. The van der Waals surface area contributed by atoms with Gasteiger partial charge in [-0.15, -0.1) is 0 Å². The molecule has 2 aromatic carbocycles. The number of hydrazone groups is 1. The number of non-ortho nitro benzene ring substituents is 1. The van der Waals surface area contributed by atoms with Crippen molar-refractivity contribution in [3.63, 3.8) is 0 Å². The van der Waals surface area contributed by atoms with Crippen LogP contribution >= 0.6 is 39.9 Å². The van der Waals surface area contributed by atoms with Gasteiger partial charge in [0.2, 0.25) is 0 Å². The Bertz CT molecular complexity index is 1010. The second-order valence-electron chi connectivity index (χ2n) is 5.29. The molecule has 0 aliphatic carbocycles. The van der Waals surface area contributed by atoms with Gasteiger partial charge in [0.1, 0.15) is 5.75 Å². The van der Waals surface area contributed by atoms with E-state index in [1.165, 1.54) is 30.5 Å². The van der Waals surface area contributed by atoms with Crippen LogP contribution in [0.4, 0.5) is 5.69 Å². The number of carbonyl (C=O) groups excluding carboxylic acids is 1. The van der Waals surface area contributed by atoms with E-state index in [4.69, 9.17) is 12.2 Å². The molecule has 27 heavy (non-hydrogen) atoms. The molecule has 1 aliphatic heterocycles. The van der Waals surface area contributed by atoms with Gasteiger partial charge in [0.05, 0.1) is 16.0 Å². The predicted molar refractivity (Wildman–Crippen MR) is 112 cm³/mol. The van der Waals surface area contributed by atoms with Crippen molar-refractivity contribution in [3.8, 4) is 5.75 Å². The summed E-state index contributed by atoms with van der Waals surface area (Å²) in [7, 11) is 0. The molecule has 0 bridgehead atoms. The molecule has 10 heteroatoms. The van der Waals surface area contributed by atoms with E-state index < -0.39 is 10.8 Å². The number of rotatable bonds is 4. The van der Waals surface area contributed by atoms with Crippen LogP contribution in [0, 0.1) is 10.1 Å². The van der Waals surface area contributed by atoms with Crippen LogP contribution in [0.25, 0.3) is 6.08 Å². The largest absolute Gasteiger partial charge is 0.507 e. The Morgan fingerprint density at radius 2 is 1.96 bits per heavy atom. The average molecular weight is 464 g/mol. The summed E-state index contributed by atoms with van der Waals surface area (Å²) in [4.78, 5) is 23.1. The van der Waals surface area contributed by atoms with Crippen molar-refractivity contribution in [2.45, 2.75) is 0 Å². The highest BCUT2D eigenvalue weighted by Gasteiger charge is 2.32. The van der Waals surface area contributed by atoms with Crippen LogP contribution in [0.1, 0.15) is 11.1 Å². The molecule has 2 aromatic rings. The van der Waals surface area contributed by atoms with E-state index in [-0.39, 0.29) is 26.2 Å². The second kappa shape index (κ2) is 7.99. The molecule has 0 saturated carbocycles. The Labute approximate surface area is 171 Å². The first-order valence-electron chi connectivity index (χ1n) is 7.40. The van der Waals surface area contributed by atoms with Crippen LogP contribution in [0.3, 0.4) is 0 Å². The minimum absolute atomic E-state index is 0.154. The van der Waals surface area contributed by atoms with Crippen LogP contribution in [0.15, 0.2) is 56.9 Å². The lowest BCUT2D eigenvalue weighted by Crippen LogP contribution is -2.22. The third kappa shape index (κ3) is 4.41. The van der Waals surface area contributed by atoms with Gasteiger partial charge in [-0.3, -0.25) is 14.9 Å². The lowest BCUT2D eigenvalue weighted by molar-refractivity contribution is -0.384. The number of nitro benzene ring substituents is 1. The Morgan fingerprint density at radius 3 is 2.63 bits per heavy atom. The van der Waals surface area contributed by atoms with Crippen LogP contribution in [0.5, 0.6) is 5.75 Å². The maximum atomic E-state index is 12.5. The molecular formula is C17H10BrN3O4S2. The molecule has 7 nitrogen and oxygen atoms in total. The van der Waals surface area contributed by atoms with E-state index >= 15 is 0 Å². The minimum Gasteiger partial charge on any atom is -0.507 e. The van der Waals surface area contributed by atoms with Crippen molar-refractivity contribution in [2.24, 2.45) is 5.10 Å². The molecule has 0 spiro atoms. The van der Waals surface area contributed by atoms with Crippen LogP contribution in [-0.2, 0) is 4.79 Å². The summed E-state index contributed by atoms with van der Waals surface area (Å²) in [6.45, 7) is 0. The van der Waals surface area contributed by atoms with Crippen LogP contribution in [-0.4, -0.2) is 31.5 Å². The molecule has 0 radical (unpaired) electrons. The SMILES string of the molecule is O=C1/C(=C\c2cc([N+](=O)[O-])ccc2O)SC(=S)N1/N=C/c1ccc(Br)cc1. The number of nitrogens with zero attached hydrogens (tertiary/aromatic N) is 3. The molecule has 136 valence electrons. The van der Waals surface area contributed by atoms with Gasteiger partial charge < -0.3 is 5.11 Å². The third-order valence-electron chi connectivity index (χ3n) is 3.47. The average Bonchev–Trinajstić information content (AvgIpc) is 2.89. The summed E-state index contributed by atoms with van der Waals surface area (Å²) in [5, 5.41) is 26.0. The number of hydrogen-bond donors (Lipinski definition) is 1. The number of aromatic hydroxyl groups is 1. The summed E-state index contributed by atoms with van der Waals surface area (Å²) in [5.41, 5.74) is 0.747. The lowest BCUT2D eigenvalue weighted by atomic mass is 10.1. The molecule has 0 unspecified atom stereocenters. The zero-order valence-electron chi connectivity index (χ0n) is 13.4. The van der Waals surface area contributed by atoms with E-state index in [0.29, 0.717) is 0 Å². The summed E-state index contributed by atoms with van der Waals surface area (Å²) in [6, 6.07) is 10.9. The van der Waals surface area contributed by atoms with Gasteiger partial charge in [-0.25, -0.2) is 0 Å².